The minimum Gasteiger partial charge on any atom is -0.482 e. The van der Waals surface area contributed by atoms with Crippen LogP contribution in [0.1, 0.15) is 5.56 Å². The number of anilines is 1. The summed E-state index contributed by atoms with van der Waals surface area (Å²) in [6.07, 6.45) is 0. The van der Waals surface area contributed by atoms with E-state index in [-0.39, 0.29) is 18.3 Å². The van der Waals surface area contributed by atoms with Gasteiger partial charge in [-0.15, -0.1) is 0 Å². The van der Waals surface area contributed by atoms with Crippen LogP contribution in [0.4, 0.5) is 10.1 Å². The van der Waals surface area contributed by atoms with Gasteiger partial charge in [-0.25, -0.2) is 4.39 Å². The van der Waals surface area contributed by atoms with Crippen LogP contribution in [-0.2, 0) is 4.79 Å². The number of halogens is 3. The van der Waals surface area contributed by atoms with Crippen molar-refractivity contribution in [2.75, 3.05) is 11.9 Å². The van der Waals surface area contributed by atoms with Crippen molar-refractivity contribution >= 4 is 34.8 Å². The molecule has 0 saturated carbocycles. The van der Waals surface area contributed by atoms with Gasteiger partial charge in [-0.2, -0.15) is 0 Å². The van der Waals surface area contributed by atoms with E-state index in [1.807, 2.05) is 0 Å². The largest absolute Gasteiger partial charge is 0.482 e. The lowest BCUT2D eigenvalue weighted by Gasteiger charge is -2.11. The summed E-state index contributed by atoms with van der Waals surface area (Å²) < 4.78 is 18.2. The molecular formula is C15H12Cl2FNO2. The van der Waals surface area contributed by atoms with Crippen molar-refractivity contribution in [3.05, 3.63) is 57.8 Å². The molecule has 0 atom stereocenters. The molecule has 0 saturated heterocycles. The lowest BCUT2D eigenvalue weighted by Crippen LogP contribution is -2.20. The molecule has 2 aromatic rings. The summed E-state index contributed by atoms with van der Waals surface area (Å²) in [6.45, 7) is 1.57. The standard InChI is InChI=1S/C15H12Cl2FNO2/c1-9-6-10(16)7-13(17)15(9)21-8-14(20)19-12-4-2-11(18)3-5-12/h2-7H,8H2,1H3,(H,19,20). The Morgan fingerprint density at radius 1 is 1.24 bits per heavy atom. The molecule has 0 aliphatic heterocycles. The highest BCUT2D eigenvalue weighted by atomic mass is 35.5. The van der Waals surface area contributed by atoms with Crippen molar-refractivity contribution in [2.45, 2.75) is 6.92 Å². The summed E-state index contributed by atoms with van der Waals surface area (Å²) >= 11 is 11.9. The highest BCUT2D eigenvalue weighted by molar-refractivity contribution is 6.35. The highest BCUT2D eigenvalue weighted by Crippen LogP contribution is 2.31. The second kappa shape index (κ2) is 6.78. The molecule has 0 radical (unpaired) electrons. The summed E-state index contributed by atoms with van der Waals surface area (Å²) in [5.74, 6) is -0.324. The van der Waals surface area contributed by atoms with Gasteiger partial charge in [-0.1, -0.05) is 23.2 Å². The monoisotopic (exact) mass is 327 g/mol. The Morgan fingerprint density at radius 2 is 1.90 bits per heavy atom. The van der Waals surface area contributed by atoms with Crippen LogP contribution in [0.2, 0.25) is 10.0 Å². The Kier molecular flexibility index (Phi) is 5.04. The van der Waals surface area contributed by atoms with Crippen molar-refractivity contribution in [3.63, 3.8) is 0 Å². The molecule has 0 fully saturated rings. The summed E-state index contributed by atoms with van der Waals surface area (Å²) in [5, 5.41) is 3.43. The van der Waals surface area contributed by atoms with E-state index in [9.17, 15) is 9.18 Å². The molecule has 21 heavy (non-hydrogen) atoms. The minimum absolute atomic E-state index is 0.209. The first kappa shape index (κ1) is 15.6. The van der Waals surface area contributed by atoms with E-state index in [0.29, 0.717) is 21.5 Å². The van der Waals surface area contributed by atoms with Crippen LogP contribution in [0.15, 0.2) is 36.4 Å². The van der Waals surface area contributed by atoms with Gasteiger partial charge in [-0.3, -0.25) is 4.79 Å². The first-order valence-electron chi connectivity index (χ1n) is 6.09. The van der Waals surface area contributed by atoms with Crippen LogP contribution in [0, 0.1) is 12.7 Å². The fourth-order valence-electron chi connectivity index (χ4n) is 1.74. The number of nitrogens with one attached hydrogen (secondary N) is 1. The predicted molar refractivity (Wildman–Crippen MR) is 81.7 cm³/mol. The average Bonchev–Trinajstić information content (AvgIpc) is 2.40. The number of carbonyl (C=O) groups is 1. The second-order valence-electron chi connectivity index (χ2n) is 4.38. The van der Waals surface area contributed by atoms with Gasteiger partial charge in [0.25, 0.3) is 5.91 Å². The average molecular weight is 328 g/mol. The Bertz CT molecular complexity index is 636. The first-order chi connectivity index (χ1) is 9.95. The lowest BCUT2D eigenvalue weighted by atomic mass is 10.2. The zero-order valence-corrected chi connectivity index (χ0v) is 12.6. The van der Waals surface area contributed by atoms with Crippen molar-refractivity contribution in [3.8, 4) is 5.75 Å². The Labute approximate surface area is 131 Å². The van der Waals surface area contributed by atoms with Gasteiger partial charge in [0.2, 0.25) is 0 Å². The zero-order valence-electron chi connectivity index (χ0n) is 11.1. The maximum absolute atomic E-state index is 12.8. The summed E-state index contributed by atoms with van der Waals surface area (Å²) in [4.78, 5) is 11.8. The predicted octanol–water partition coefficient (Wildman–Crippen LogP) is 4.46. The van der Waals surface area contributed by atoms with Crippen molar-refractivity contribution in [2.24, 2.45) is 0 Å². The van der Waals surface area contributed by atoms with Crippen molar-refractivity contribution < 1.29 is 13.9 Å². The van der Waals surface area contributed by atoms with Gasteiger partial charge in [0.15, 0.2) is 6.61 Å². The quantitative estimate of drug-likeness (QED) is 0.900. The molecule has 0 heterocycles. The van der Waals surface area contributed by atoms with Crippen LogP contribution in [0.3, 0.4) is 0 Å². The molecule has 0 spiro atoms. The molecular weight excluding hydrogens is 316 g/mol. The highest BCUT2D eigenvalue weighted by Gasteiger charge is 2.10. The third-order valence-corrected chi connectivity index (χ3v) is 3.17. The SMILES string of the molecule is Cc1cc(Cl)cc(Cl)c1OCC(=O)Nc1ccc(F)cc1. The van der Waals surface area contributed by atoms with Crippen LogP contribution in [-0.4, -0.2) is 12.5 Å². The molecule has 1 N–H and O–H groups in total. The van der Waals surface area contributed by atoms with E-state index >= 15 is 0 Å². The zero-order chi connectivity index (χ0) is 15.4. The molecule has 0 aromatic heterocycles. The third kappa shape index (κ3) is 4.34. The fraction of sp³-hybridized carbons (Fsp3) is 0.133. The van der Waals surface area contributed by atoms with E-state index < -0.39 is 0 Å². The van der Waals surface area contributed by atoms with Crippen LogP contribution in [0.5, 0.6) is 5.75 Å². The van der Waals surface area contributed by atoms with Crippen molar-refractivity contribution in [1.29, 1.82) is 0 Å². The van der Waals surface area contributed by atoms with Crippen LogP contribution < -0.4 is 10.1 Å². The number of hydrogen-bond donors (Lipinski definition) is 1. The molecule has 6 heteroatoms. The van der Waals surface area contributed by atoms with Gasteiger partial charge >= 0.3 is 0 Å². The number of carbonyl (C=O) groups excluding carboxylic acids is 1. The van der Waals surface area contributed by atoms with Crippen LogP contribution in [0.25, 0.3) is 0 Å². The third-order valence-electron chi connectivity index (χ3n) is 2.67. The molecule has 2 aromatic carbocycles. The van der Waals surface area contributed by atoms with E-state index in [1.54, 1.807) is 19.1 Å². The molecule has 2 rings (SSSR count). The summed E-state index contributed by atoms with van der Waals surface area (Å²) in [5.41, 5.74) is 1.23. The Hall–Kier alpha value is -1.78. The van der Waals surface area contributed by atoms with Gasteiger partial charge in [0.05, 0.1) is 5.02 Å². The van der Waals surface area contributed by atoms with E-state index in [2.05, 4.69) is 5.32 Å². The van der Waals surface area contributed by atoms with Crippen molar-refractivity contribution in [1.82, 2.24) is 0 Å². The molecule has 0 bridgehead atoms. The fourth-order valence-corrected chi connectivity index (χ4v) is 2.39. The van der Waals surface area contributed by atoms with E-state index in [1.165, 1.54) is 24.3 Å². The Balaban J connectivity index is 1.97. The molecule has 3 nitrogen and oxygen atoms in total. The summed E-state index contributed by atoms with van der Waals surface area (Å²) in [6, 6.07) is 8.69. The number of benzene rings is 2. The van der Waals surface area contributed by atoms with E-state index in [4.69, 9.17) is 27.9 Å². The van der Waals surface area contributed by atoms with Crippen LogP contribution >= 0.6 is 23.2 Å². The van der Waals surface area contributed by atoms with Gasteiger partial charge in [0, 0.05) is 10.7 Å². The Morgan fingerprint density at radius 3 is 2.52 bits per heavy atom. The van der Waals surface area contributed by atoms with Gasteiger partial charge in [0.1, 0.15) is 11.6 Å². The minimum atomic E-state index is -0.368. The smallest absolute Gasteiger partial charge is 0.262 e. The molecule has 0 unspecified atom stereocenters. The number of rotatable bonds is 4. The first-order valence-corrected chi connectivity index (χ1v) is 6.85. The van der Waals surface area contributed by atoms with E-state index in [0.717, 1.165) is 5.56 Å². The summed E-state index contributed by atoms with van der Waals surface area (Å²) in [7, 11) is 0. The molecule has 110 valence electrons. The number of ether oxygens (including phenoxy) is 1. The molecule has 0 aliphatic carbocycles. The van der Waals surface area contributed by atoms with Gasteiger partial charge < -0.3 is 10.1 Å². The maximum atomic E-state index is 12.8. The lowest BCUT2D eigenvalue weighted by molar-refractivity contribution is -0.118. The number of amides is 1. The maximum Gasteiger partial charge on any atom is 0.262 e. The molecule has 0 aliphatic rings. The number of aryl methyl sites for hydroxylation is 1. The second-order valence-corrected chi connectivity index (χ2v) is 5.22. The number of hydrogen-bond acceptors (Lipinski definition) is 2. The topological polar surface area (TPSA) is 38.3 Å². The van der Waals surface area contributed by atoms with Gasteiger partial charge in [-0.05, 0) is 48.9 Å². The molecule has 1 amide bonds. The normalized spacial score (nSPS) is 10.3.